The van der Waals surface area contributed by atoms with Crippen molar-refractivity contribution in [3.8, 4) is 5.75 Å². The van der Waals surface area contributed by atoms with Crippen molar-refractivity contribution in [2.45, 2.75) is 31.4 Å². The number of fused-ring (bicyclic) bond motifs is 1. The van der Waals surface area contributed by atoms with E-state index in [1.165, 1.54) is 11.2 Å². The van der Waals surface area contributed by atoms with E-state index in [1.54, 1.807) is 16.0 Å². The number of aromatic nitrogens is 3. The first-order valence-corrected chi connectivity index (χ1v) is 11.9. The van der Waals surface area contributed by atoms with Gasteiger partial charge < -0.3 is 10.1 Å². The number of hydrogen-bond donors (Lipinski definition) is 1. The molecule has 1 N–H and O–H groups in total. The summed E-state index contributed by atoms with van der Waals surface area (Å²) in [7, 11) is 0. The van der Waals surface area contributed by atoms with Crippen LogP contribution in [0.15, 0.2) is 89.7 Å². The Bertz CT molecular complexity index is 1330. The molecular formula is C26H22N4O2S. The predicted octanol–water partition coefficient (Wildman–Crippen LogP) is 5.33. The van der Waals surface area contributed by atoms with E-state index in [4.69, 9.17) is 4.74 Å². The van der Waals surface area contributed by atoms with Gasteiger partial charge in [0.25, 0.3) is 0 Å². The predicted molar refractivity (Wildman–Crippen MR) is 127 cm³/mol. The van der Waals surface area contributed by atoms with E-state index in [-0.39, 0.29) is 17.7 Å². The van der Waals surface area contributed by atoms with Crippen LogP contribution in [0.4, 0.5) is 5.95 Å². The number of hydrogen-bond acceptors (Lipinski definition) is 6. The molecule has 1 aliphatic heterocycles. The maximum atomic E-state index is 13.5. The van der Waals surface area contributed by atoms with Gasteiger partial charge in [-0.3, -0.25) is 4.79 Å². The van der Waals surface area contributed by atoms with Crippen LogP contribution >= 0.6 is 11.3 Å². The van der Waals surface area contributed by atoms with E-state index < -0.39 is 0 Å². The molecule has 164 valence electrons. The van der Waals surface area contributed by atoms with Gasteiger partial charge >= 0.3 is 0 Å². The van der Waals surface area contributed by atoms with Gasteiger partial charge in [0.2, 0.25) is 5.95 Å². The summed E-state index contributed by atoms with van der Waals surface area (Å²) in [4.78, 5) is 19.1. The van der Waals surface area contributed by atoms with Gasteiger partial charge in [0.15, 0.2) is 5.78 Å². The van der Waals surface area contributed by atoms with Crippen molar-refractivity contribution >= 4 is 23.1 Å². The number of anilines is 1. The molecule has 2 aliphatic rings. The third-order valence-electron chi connectivity index (χ3n) is 6.23. The zero-order valence-corrected chi connectivity index (χ0v) is 18.7. The Morgan fingerprint density at radius 2 is 1.97 bits per heavy atom. The van der Waals surface area contributed by atoms with Crippen molar-refractivity contribution in [2.24, 2.45) is 0 Å². The highest BCUT2D eigenvalue weighted by Crippen LogP contribution is 2.44. The van der Waals surface area contributed by atoms with E-state index in [0.717, 1.165) is 34.6 Å². The first-order chi connectivity index (χ1) is 16.3. The number of nitrogens with one attached hydrogen (secondary N) is 1. The average Bonchev–Trinajstić information content (AvgIpc) is 3.54. The summed E-state index contributed by atoms with van der Waals surface area (Å²) in [5.74, 6) is 1.77. The molecule has 0 bridgehead atoms. The van der Waals surface area contributed by atoms with Crippen LogP contribution in [0.25, 0.3) is 0 Å². The maximum absolute atomic E-state index is 13.5. The second-order valence-corrected chi connectivity index (χ2v) is 9.32. The molecule has 33 heavy (non-hydrogen) atoms. The number of ether oxygens (including phenoxy) is 1. The summed E-state index contributed by atoms with van der Waals surface area (Å²) in [5.41, 5.74) is 3.80. The summed E-state index contributed by atoms with van der Waals surface area (Å²) in [6.07, 6.45) is 2.83. The van der Waals surface area contributed by atoms with Crippen molar-refractivity contribution in [2.75, 3.05) is 5.32 Å². The molecule has 2 atom stereocenters. The average molecular weight is 455 g/mol. The van der Waals surface area contributed by atoms with Crippen LogP contribution in [0, 0.1) is 0 Å². The fraction of sp³-hybridized carbons (Fsp3) is 0.192. The lowest BCUT2D eigenvalue weighted by atomic mass is 9.80. The first kappa shape index (κ1) is 19.9. The normalized spacial score (nSPS) is 19.6. The van der Waals surface area contributed by atoms with E-state index >= 15 is 0 Å². The Labute approximate surface area is 195 Å². The highest BCUT2D eigenvalue weighted by molar-refractivity contribution is 7.10. The van der Waals surface area contributed by atoms with Gasteiger partial charge in [-0.1, -0.05) is 48.5 Å². The largest absolute Gasteiger partial charge is 0.489 e. The number of rotatable bonds is 5. The molecular weight excluding hydrogens is 432 g/mol. The molecule has 0 saturated heterocycles. The molecule has 2 aromatic carbocycles. The fourth-order valence-corrected chi connectivity index (χ4v) is 5.53. The molecule has 1 aliphatic carbocycles. The zero-order chi connectivity index (χ0) is 22.2. The smallest absolute Gasteiger partial charge is 0.226 e. The highest BCUT2D eigenvalue weighted by Gasteiger charge is 2.39. The van der Waals surface area contributed by atoms with Crippen LogP contribution in [0.3, 0.4) is 0 Å². The van der Waals surface area contributed by atoms with E-state index in [1.807, 2.05) is 60.7 Å². The Morgan fingerprint density at radius 1 is 1.06 bits per heavy atom. The van der Waals surface area contributed by atoms with Crippen molar-refractivity contribution in [3.05, 3.63) is 106 Å². The lowest BCUT2D eigenvalue weighted by Gasteiger charge is -2.34. The summed E-state index contributed by atoms with van der Waals surface area (Å²) in [6.45, 7) is 0.487. The first-order valence-electron chi connectivity index (χ1n) is 11.0. The lowest BCUT2D eigenvalue weighted by Crippen LogP contribution is -2.33. The van der Waals surface area contributed by atoms with Crippen LogP contribution in [-0.4, -0.2) is 20.5 Å². The van der Waals surface area contributed by atoms with Gasteiger partial charge in [-0.25, -0.2) is 4.68 Å². The van der Waals surface area contributed by atoms with Gasteiger partial charge in [0.05, 0.1) is 0 Å². The molecule has 4 aromatic rings. The molecule has 7 heteroatoms. The molecule has 0 spiro atoms. The van der Waals surface area contributed by atoms with Gasteiger partial charge in [0, 0.05) is 28.5 Å². The second-order valence-electron chi connectivity index (χ2n) is 8.34. The molecule has 0 amide bonds. The minimum Gasteiger partial charge on any atom is -0.489 e. The number of Topliss-reactive ketones (excluding diaryl/α,β-unsaturated/α-hetero) is 1. The molecule has 0 fully saturated rings. The Balaban J connectivity index is 1.35. The molecule has 0 radical (unpaired) electrons. The van der Waals surface area contributed by atoms with Gasteiger partial charge in [-0.15, -0.1) is 11.3 Å². The highest BCUT2D eigenvalue weighted by atomic mass is 32.1. The van der Waals surface area contributed by atoms with Gasteiger partial charge in [-0.05, 0) is 41.1 Å². The summed E-state index contributed by atoms with van der Waals surface area (Å²) >= 11 is 1.71. The second kappa shape index (κ2) is 8.33. The van der Waals surface area contributed by atoms with E-state index in [9.17, 15) is 4.79 Å². The molecule has 6 rings (SSSR count). The third-order valence-corrected chi connectivity index (χ3v) is 7.26. The topological polar surface area (TPSA) is 69.0 Å². The number of benzene rings is 2. The van der Waals surface area contributed by atoms with Gasteiger partial charge in [-0.2, -0.15) is 10.1 Å². The maximum Gasteiger partial charge on any atom is 0.226 e. The number of thiophene rings is 1. The fourth-order valence-electron chi connectivity index (χ4n) is 4.70. The van der Waals surface area contributed by atoms with E-state index in [2.05, 4.69) is 26.8 Å². The molecule has 6 nitrogen and oxygen atoms in total. The quantitative estimate of drug-likeness (QED) is 0.441. The van der Waals surface area contributed by atoms with Crippen molar-refractivity contribution in [3.63, 3.8) is 0 Å². The van der Waals surface area contributed by atoms with Crippen LogP contribution < -0.4 is 10.1 Å². The number of allylic oxidation sites excluding steroid dienone is 2. The number of carbonyl (C=O) groups is 1. The van der Waals surface area contributed by atoms with E-state index in [0.29, 0.717) is 19.0 Å². The Hall–Kier alpha value is -3.71. The monoisotopic (exact) mass is 454 g/mol. The molecule has 3 heterocycles. The van der Waals surface area contributed by atoms with Crippen molar-refractivity contribution in [1.82, 2.24) is 14.8 Å². The van der Waals surface area contributed by atoms with Crippen LogP contribution in [0.2, 0.25) is 0 Å². The van der Waals surface area contributed by atoms with Crippen LogP contribution in [0.1, 0.15) is 40.8 Å². The zero-order valence-electron chi connectivity index (χ0n) is 17.8. The lowest BCUT2D eigenvalue weighted by molar-refractivity contribution is -0.116. The number of ketones is 1. The number of carbonyl (C=O) groups excluding carboxylic acids is 1. The summed E-state index contributed by atoms with van der Waals surface area (Å²) < 4.78 is 7.87. The standard InChI is InChI=1S/C26H22N4O2S/c31-22-14-19(23-10-5-11-33-23)13-21-24(22)25(30-26(29-21)27-16-28-30)18-8-4-9-20(12-18)32-15-17-6-2-1-3-7-17/h1-12,16,19,25H,13-15H2,(H,27,28,29)/t19-,25+/m1/s1. The van der Waals surface area contributed by atoms with Gasteiger partial charge in [0.1, 0.15) is 24.7 Å². The minimum atomic E-state index is -0.323. The molecule has 2 aromatic heterocycles. The summed E-state index contributed by atoms with van der Waals surface area (Å²) in [6, 6.07) is 21.9. The Kier molecular flexibility index (Phi) is 5.03. The minimum absolute atomic E-state index is 0.156. The number of nitrogens with zero attached hydrogens (tertiary/aromatic N) is 3. The van der Waals surface area contributed by atoms with Crippen molar-refractivity contribution < 1.29 is 9.53 Å². The Morgan fingerprint density at radius 3 is 2.82 bits per heavy atom. The van der Waals surface area contributed by atoms with Crippen LogP contribution in [0.5, 0.6) is 5.75 Å². The summed E-state index contributed by atoms with van der Waals surface area (Å²) in [5, 5.41) is 9.90. The van der Waals surface area contributed by atoms with Crippen molar-refractivity contribution in [1.29, 1.82) is 0 Å². The molecule has 0 unspecified atom stereocenters. The molecule has 0 saturated carbocycles. The third kappa shape index (κ3) is 3.74. The van der Waals surface area contributed by atoms with Crippen LogP contribution in [-0.2, 0) is 11.4 Å². The SMILES string of the molecule is O=C1C[C@H](c2cccs2)CC2=C1[C@H](c1cccc(OCc3ccccc3)c1)n1ncnc1N2.